The highest BCUT2D eigenvalue weighted by molar-refractivity contribution is 6.28. The summed E-state index contributed by atoms with van der Waals surface area (Å²) in [6.45, 7) is 1.68. The van der Waals surface area contributed by atoms with Crippen LogP contribution in [0.3, 0.4) is 0 Å². The largest absolute Gasteiger partial charge is 0.464 e. The summed E-state index contributed by atoms with van der Waals surface area (Å²) in [6.07, 6.45) is 1.59. The van der Waals surface area contributed by atoms with Gasteiger partial charge in [-0.1, -0.05) is 30.3 Å². The van der Waals surface area contributed by atoms with Crippen molar-refractivity contribution in [1.29, 1.82) is 0 Å². The van der Waals surface area contributed by atoms with Crippen molar-refractivity contribution < 1.29 is 14.0 Å². The van der Waals surface area contributed by atoms with Gasteiger partial charge in [-0.05, 0) is 43.3 Å². The minimum absolute atomic E-state index is 0.363. The molecule has 0 fully saturated rings. The predicted molar refractivity (Wildman–Crippen MR) is 103 cm³/mol. The zero-order chi connectivity index (χ0) is 18.8. The number of nitrogens with one attached hydrogen (secondary N) is 1. The van der Waals surface area contributed by atoms with Crippen LogP contribution in [-0.2, 0) is 9.59 Å². The number of rotatable bonds is 4. The molecule has 1 unspecified atom stereocenters. The molecular formula is C21H17N3O3. The zero-order valence-electron chi connectivity index (χ0n) is 14.6. The zero-order valence-corrected chi connectivity index (χ0v) is 14.6. The van der Waals surface area contributed by atoms with Crippen LogP contribution in [-0.4, -0.2) is 17.5 Å². The molecule has 1 aliphatic rings. The molecule has 2 aromatic carbocycles. The van der Waals surface area contributed by atoms with Gasteiger partial charge in [0, 0.05) is 11.3 Å². The van der Waals surface area contributed by atoms with Crippen molar-refractivity contribution in [2.75, 3.05) is 10.3 Å². The van der Waals surface area contributed by atoms with E-state index in [2.05, 4.69) is 10.4 Å². The SMILES string of the molecule is CC1=NN(c2ccccc2)C(=O)C1C(=O)Nc1cccc(-c2ccco2)c1. The molecule has 1 N–H and O–H groups in total. The maximum atomic E-state index is 12.7. The van der Waals surface area contributed by atoms with E-state index in [9.17, 15) is 9.59 Å². The van der Waals surface area contributed by atoms with E-state index in [1.165, 1.54) is 5.01 Å². The molecule has 1 atom stereocenters. The Bertz CT molecular complexity index is 1010. The Morgan fingerprint density at radius 2 is 1.89 bits per heavy atom. The number of hydrogen-bond acceptors (Lipinski definition) is 4. The van der Waals surface area contributed by atoms with Crippen molar-refractivity contribution >= 4 is 28.9 Å². The standard InChI is InChI=1S/C21H17N3O3/c1-14-19(21(26)24(23-14)17-9-3-2-4-10-17)20(25)22-16-8-5-7-15(13-16)18-11-6-12-27-18/h2-13,19H,1H3,(H,22,25). The molecule has 0 spiro atoms. The normalized spacial score (nSPS) is 16.3. The summed E-state index contributed by atoms with van der Waals surface area (Å²) in [5, 5.41) is 8.35. The number of hydrogen-bond donors (Lipinski definition) is 1. The maximum Gasteiger partial charge on any atom is 0.265 e. The van der Waals surface area contributed by atoms with E-state index in [0.717, 1.165) is 5.56 Å². The molecule has 4 rings (SSSR count). The minimum atomic E-state index is -0.947. The van der Waals surface area contributed by atoms with Crippen LogP contribution >= 0.6 is 0 Å². The van der Waals surface area contributed by atoms with Gasteiger partial charge in [0.25, 0.3) is 5.91 Å². The Morgan fingerprint density at radius 3 is 2.63 bits per heavy atom. The molecule has 0 saturated carbocycles. The summed E-state index contributed by atoms with van der Waals surface area (Å²) < 4.78 is 5.38. The first-order valence-corrected chi connectivity index (χ1v) is 8.52. The van der Waals surface area contributed by atoms with Crippen LogP contribution in [0.2, 0.25) is 0 Å². The van der Waals surface area contributed by atoms with E-state index in [1.807, 2.05) is 36.4 Å². The van der Waals surface area contributed by atoms with Crippen molar-refractivity contribution in [3.63, 3.8) is 0 Å². The second kappa shape index (κ2) is 6.92. The van der Waals surface area contributed by atoms with Gasteiger partial charge in [0.15, 0.2) is 5.92 Å². The molecule has 2 amide bonds. The van der Waals surface area contributed by atoms with Crippen molar-refractivity contribution in [3.05, 3.63) is 73.0 Å². The van der Waals surface area contributed by atoms with Crippen LogP contribution in [0.4, 0.5) is 11.4 Å². The van der Waals surface area contributed by atoms with Crippen LogP contribution in [0.1, 0.15) is 6.92 Å². The van der Waals surface area contributed by atoms with Gasteiger partial charge in [-0.3, -0.25) is 9.59 Å². The molecule has 0 aliphatic carbocycles. The molecule has 0 bridgehead atoms. The molecule has 1 aliphatic heterocycles. The number of carbonyl (C=O) groups excluding carboxylic acids is 2. The highest BCUT2D eigenvalue weighted by Crippen LogP contribution is 2.26. The Hall–Kier alpha value is -3.67. The van der Waals surface area contributed by atoms with Gasteiger partial charge in [0.1, 0.15) is 5.76 Å². The van der Waals surface area contributed by atoms with Gasteiger partial charge in [0.05, 0.1) is 17.7 Å². The fourth-order valence-corrected chi connectivity index (χ4v) is 3.03. The lowest BCUT2D eigenvalue weighted by molar-refractivity contribution is -0.127. The molecule has 0 radical (unpaired) electrons. The van der Waals surface area contributed by atoms with Crippen molar-refractivity contribution in [1.82, 2.24) is 0 Å². The molecule has 134 valence electrons. The summed E-state index contributed by atoms with van der Waals surface area (Å²) >= 11 is 0. The van der Waals surface area contributed by atoms with Crippen LogP contribution in [0.25, 0.3) is 11.3 Å². The third-order valence-corrected chi connectivity index (χ3v) is 4.33. The third-order valence-electron chi connectivity index (χ3n) is 4.33. The van der Waals surface area contributed by atoms with E-state index in [0.29, 0.717) is 22.8 Å². The quantitative estimate of drug-likeness (QED) is 0.717. The summed E-state index contributed by atoms with van der Waals surface area (Å²) in [5.74, 6) is -1.01. The topological polar surface area (TPSA) is 74.9 Å². The number of hydrazone groups is 1. The minimum Gasteiger partial charge on any atom is -0.464 e. The smallest absolute Gasteiger partial charge is 0.265 e. The number of para-hydroxylation sites is 1. The van der Waals surface area contributed by atoms with Gasteiger partial charge < -0.3 is 9.73 Å². The molecular weight excluding hydrogens is 342 g/mol. The molecule has 0 saturated heterocycles. The molecule has 1 aromatic heterocycles. The summed E-state index contributed by atoms with van der Waals surface area (Å²) in [6, 6.07) is 20.0. The number of anilines is 2. The van der Waals surface area contributed by atoms with Gasteiger partial charge >= 0.3 is 0 Å². The van der Waals surface area contributed by atoms with Crippen molar-refractivity contribution in [2.24, 2.45) is 11.0 Å². The van der Waals surface area contributed by atoms with Crippen molar-refractivity contribution in [2.45, 2.75) is 6.92 Å². The molecule has 3 aromatic rings. The highest BCUT2D eigenvalue weighted by Gasteiger charge is 2.39. The lowest BCUT2D eigenvalue weighted by atomic mass is 10.0. The number of benzene rings is 2. The molecule has 2 heterocycles. The van der Waals surface area contributed by atoms with E-state index < -0.39 is 11.8 Å². The first-order chi connectivity index (χ1) is 13.1. The van der Waals surface area contributed by atoms with Crippen LogP contribution in [0.5, 0.6) is 0 Å². The van der Waals surface area contributed by atoms with Gasteiger partial charge in [-0.25, -0.2) is 0 Å². The fourth-order valence-electron chi connectivity index (χ4n) is 3.03. The molecule has 6 nitrogen and oxygen atoms in total. The second-order valence-corrected chi connectivity index (χ2v) is 6.21. The van der Waals surface area contributed by atoms with E-state index in [1.54, 1.807) is 43.5 Å². The van der Waals surface area contributed by atoms with Gasteiger partial charge in [0.2, 0.25) is 5.91 Å². The van der Waals surface area contributed by atoms with Crippen LogP contribution < -0.4 is 10.3 Å². The average molecular weight is 359 g/mol. The number of amides is 2. The van der Waals surface area contributed by atoms with Crippen molar-refractivity contribution in [3.8, 4) is 11.3 Å². The third kappa shape index (κ3) is 3.25. The maximum absolute atomic E-state index is 12.7. The number of nitrogens with zero attached hydrogens (tertiary/aromatic N) is 2. The van der Waals surface area contributed by atoms with Crippen LogP contribution in [0, 0.1) is 5.92 Å². The second-order valence-electron chi connectivity index (χ2n) is 6.21. The Labute approximate surface area is 156 Å². The Kier molecular flexibility index (Phi) is 4.30. The monoisotopic (exact) mass is 359 g/mol. The Morgan fingerprint density at radius 1 is 1.07 bits per heavy atom. The number of carbonyl (C=O) groups is 2. The van der Waals surface area contributed by atoms with E-state index in [-0.39, 0.29) is 5.91 Å². The Balaban J connectivity index is 1.53. The summed E-state index contributed by atoms with van der Waals surface area (Å²) in [7, 11) is 0. The highest BCUT2D eigenvalue weighted by atomic mass is 16.3. The number of furan rings is 1. The summed E-state index contributed by atoms with van der Waals surface area (Å²) in [5.41, 5.74) is 2.53. The van der Waals surface area contributed by atoms with E-state index in [4.69, 9.17) is 4.42 Å². The summed E-state index contributed by atoms with van der Waals surface area (Å²) in [4.78, 5) is 25.5. The lowest BCUT2D eigenvalue weighted by Crippen LogP contribution is -2.36. The molecule has 6 heteroatoms. The lowest BCUT2D eigenvalue weighted by Gasteiger charge is -2.14. The van der Waals surface area contributed by atoms with Crippen LogP contribution in [0.15, 0.2) is 82.5 Å². The van der Waals surface area contributed by atoms with Gasteiger partial charge in [-0.15, -0.1) is 0 Å². The predicted octanol–water partition coefficient (Wildman–Crippen LogP) is 3.92. The van der Waals surface area contributed by atoms with Gasteiger partial charge in [-0.2, -0.15) is 10.1 Å². The van der Waals surface area contributed by atoms with E-state index >= 15 is 0 Å². The first kappa shape index (κ1) is 16.8. The average Bonchev–Trinajstić information content (AvgIpc) is 3.31. The fraction of sp³-hybridized carbons (Fsp3) is 0.0952. The first-order valence-electron chi connectivity index (χ1n) is 8.52. The molecule has 27 heavy (non-hydrogen) atoms.